The fourth-order valence-corrected chi connectivity index (χ4v) is 2.02. The van der Waals surface area contributed by atoms with E-state index in [1.807, 2.05) is 30.3 Å². The zero-order valence-electron chi connectivity index (χ0n) is 14.6. The van der Waals surface area contributed by atoms with Crippen LogP contribution in [0.25, 0.3) is 0 Å². The lowest BCUT2D eigenvalue weighted by Gasteiger charge is -2.23. The molecule has 1 aromatic rings. The Bertz CT molecular complexity index is 563. The van der Waals surface area contributed by atoms with E-state index in [-0.39, 0.29) is 19.4 Å². The number of carbonyl (C=O) groups excluding carboxylic acids is 3. The summed E-state index contributed by atoms with van der Waals surface area (Å²) < 4.78 is 9.98. The predicted octanol–water partition coefficient (Wildman–Crippen LogP) is 2.64. The third-order valence-electron chi connectivity index (χ3n) is 2.99. The van der Waals surface area contributed by atoms with E-state index < -0.39 is 29.5 Å². The molecule has 132 valence electrons. The molecule has 0 aliphatic carbocycles. The van der Waals surface area contributed by atoms with Gasteiger partial charge >= 0.3 is 12.1 Å². The Balaban J connectivity index is 2.80. The lowest BCUT2D eigenvalue weighted by Crippen LogP contribution is -2.45. The van der Waals surface area contributed by atoms with Crippen LogP contribution in [0.4, 0.5) is 4.79 Å². The van der Waals surface area contributed by atoms with Crippen LogP contribution in [0, 0.1) is 0 Å². The molecule has 0 aliphatic rings. The fourth-order valence-electron chi connectivity index (χ4n) is 2.02. The molecule has 1 aromatic carbocycles. The highest BCUT2D eigenvalue weighted by Crippen LogP contribution is 2.10. The first-order valence-corrected chi connectivity index (χ1v) is 7.93. The molecule has 6 heteroatoms. The van der Waals surface area contributed by atoms with Crippen molar-refractivity contribution >= 4 is 17.8 Å². The first kappa shape index (κ1) is 19.7. The lowest BCUT2D eigenvalue weighted by molar-refractivity contribution is -0.146. The molecule has 1 N–H and O–H groups in total. The van der Waals surface area contributed by atoms with E-state index in [2.05, 4.69) is 5.32 Å². The number of amides is 1. The number of benzene rings is 1. The number of alkyl carbamates (subject to hydrolysis) is 1. The van der Waals surface area contributed by atoms with Crippen LogP contribution in [0.5, 0.6) is 0 Å². The van der Waals surface area contributed by atoms with Crippen LogP contribution in [-0.2, 0) is 25.5 Å². The molecule has 1 amide bonds. The van der Waals surface area contributed by atoms with Gasteiger partial charge in [0.25, 0.3) is 0 Å². The molecule has 0 saturated carbocycles. The van der Waals surface area contributed by atoms with Gasteiger partial charge in [0.15, 0.2) is 5.78 Å². The van der Waals surface area contributed by atoms with Gasteiger partial charge in [0.05, 0.1) is 12.6 Å². The van der Waals surface area contributed by atoms with Gasteiger partial charge in [-0.3, -0.25) is 9.59 Å². The highest BCUT2D eigenvalue weighted by molar-refractivity contribution is 5.99. The normalized spacial score (nSPS) is 12.2. The molecule has 0 unspecified atom stereocenters. The van der Waals surface area contributed by atoms with Crippen LogP contribution in [0.1, 0.15) is 39.7 Å². The molecular weight excluding hydrogens is 310 g/mol. The fraction of sp³-hybridized carbons (Fsp3) is 0.500. The van der Waals surface area contributed by atoms with Crippen molar-refractivity contribution in [1.82, 2.24) is 5.32 Å². The number of ether oxygens (including phenoxy) is 2. The molecular formula is C18H25NO5. The Morgan fingerprint density at radius 2 is 1.75 bits per heavy atom. The minimum absolute atomic E-state index is 0.203. The van der Waals surface area contributed by atoms with Crippen LogP contribution >= 0.6 is 0 Å². The monoisotopic (exact) mass is 335 g/mol. The Morgan fingerprint density at radius 3 is 2.29 bits per heavy atom. The molecule has 0 spiro atoms. The molecule has 24 heavy (non-hydrogen) atoms. The maximum absolute atomic E-state index is 12.4. The SMILES string of the molecule is CCOC(=O)CC(=O)[C@@H](Cc1ccccc1)NC(=O)OC(C)(C)C. The van der Waals surface area contributed by atoms with Crippen LogP contribution in [0.3, 0.4) is 0 Å². The van der Waals surface area contributed by atoms with E-state index in [0.29, 0.717) is 0 Å². The van der Waals surface area contributed by atoms with Crippen LogP contribution in [0.2, 0.25) is 0 Å². The lowest BCUT2D eigenvalue weighted by atomic mass is 10.0. The van der Waals surface area contributed by atoms with Crippen molar-refractivity contribution in [2.45, 2.75) is 52.2 Å². The number of nitrogens with one attached hydrogen (secondary N) is 1. The van der Waals surface area contributed by atoms with E-state index in [1.54, 1.807) is 27.7 Å². The van der Waals surface area contributed by atoms with Crippen LogP contribution in [-0.4, -0.2) is 36.1 Å². The maximum Gasteiger partial charge on any atom is 0.408 e. The first-order valence-electron chi connectivity index (χ1n) is 7.93. The number of hydrogen-bond acceptors (Lipinski definition) is 5. The summed E-state index contributed by atoms with van der Waals surface area (Å²) in [6, 6.07) is 8.39. The van der Waals surface area contributed by atoms with Crippen molar-refractivity contribution in [2.24, 2.45) is 0 Å². The van der Waals surface area contributed by atoms with Crippen LogP contribution in [0.15, 0.2) is 30.3 Å². The zero-order chi connectivity index (χ0) is 18.2. The Morgan fingerprint density at radius 1 is 1.12 bits per heavy atom. The quantitative estimate of drug-likeness (QED) is 0.612. The van der Waals surface area contributed by atoms with E-state index >= 15 is 0 Å². The van der Waals surface area contributed by atoms with Gasteiger partial charge in [-0.05, 0) is 39.7 Å². The highest BCUT2D eigenvalue weighted by Gasteiger charge is 2.26. The van der Waals surface area contributed by atoms with Crippen molar-refractivity contribution in [3.05, 3.63) is 35.9 Å². The average Bonchev–Trinajstić information content (AvgIpc) is 2.45. The maximum atomic E-state index is 12.4. The van der Waals surface area contributed by atoms with E-state index in [0.717, 1.165) is 5.56 Å². The van der Waals surface area contributed by atoms with Crippen molar-refractivity contribution in [2.75, 3.05) is 6.61 Å². The summed E-state index contributed by atoms with van der Waals surface area (Å²) in [7, 11) is 0. The van der Waals surface area contributed by atoms with Crippen molar-refractivity contribution in [1.29, 1.82) is 0 Å². The molecule has 0 radical (unpaired) electrons. The summed E-state index contributed by atoms with van der Waals surface area (Å²) in [6.07, 6.45) is -0.805. The Kier molecular flexibility index (Phi) is 7.42. The summed E-state index contributed by atoms with van der Waals surface area (Å²) in [5.74, 6) is -1.02. The topological polar surface area (TPSA) is 81.7 Å². The minimum Gasteiger partial charge on any atom is -0.466 e. The molecule has 1 rings (SSSR count). The number of ketones is 1. The zero-order valence-corrected chi connectivity index (χ0v) is 14.6. The summed E-state index contributed by atoms with van der Waals surface area (Å²) in [5.41, 5.74) is 0.196. The standard InChI is InChI=1S/C18H25NO5/c1-5-23-16(21)12-15(20)14(11-13-9-7-6-8-10-13)19-17(22)24-18(2,3)4/h6-10,14H,5,11-12H2,1-4H3,(H,19,22)/t14-/m1/s1. The molecule has 0 aromatic heterocycles. The molecule has 0 heterocycles. The van der Waals surface area contributed by atoms with Gasteiger partial charge in [-0.2, -0.15) is 0 Å². The second kappa shape index (κ2) is 9.05. The molecule has 0 fully saturated rings. The number of Topliss-reactive ketones (excluding diaryl/α,β-unsaturated/α-hetero) is 1. The van der Waals surface area contributed by atoms with E-state index in [9.17, 15) is 14.4 Å². The van der Waals surface area contributed by atoms with Crippen LogP contribution < -0.4 is 5.32 Å². The summed E-state index contributed by atoms with van der Waals surface area (Å²) in [4.78, 5) is 35.9. The summed E-state index contributed by atoms with van der Waals surface area (Å²) in [5, 5.41) is 2.55. The second-order valence-corrected chi connectivity index (χ2v) is 6.34. The van der Waals surface area contributed by atoms with Gasteiger partial charge in [-0.15, -0.1) is 0 Å². The third-order valence-corrected chi connectivity index (χ3v) is 2.99. The molecule has 0 bridgehead atoms. The number of rotatable bonds is 7. The van der Waals surface area contributed by atoms with Gasteiger partial charge in [-0.25, -0.2) is 4.79 Å². The molecule has 0 aliphatic heterocycles. The molecule has 0 saturated heterocycles. The van der Waals surface area contributed by atoms with E-state index in [4.69, 9.17) is 9.47 Å². The van der Waals surface area contributed by atoms with Gasteiger partial charge in [0.1, 0.15) is 12.0 Å². The highest BCUT2D eigenvalue weighted by atomic mass is 16.6. The summed E-state index contributed by atoms with van der Waals surface area (Å²) >= 11 is 0. The summed E-state index contributed by atoms with van der Waals surface area (Å²) in [6.45, 7) is 7.08. The van der Waals surface area contributed by atoms with Gasteiger partial charge < -0.3 is 14.8 Å². The smallest absolute Gasteiger partial charge is 0.408 e. The third kappa shape index (κ3) is 7.76. The van der Waals surface area contributed by atoms with E-state index in [1.165, 1.54) is 0 Å². The predicted molar refractivity (Wildman–Crippen MR) is 89.6 cm³/mol. The van der Waals surface area contributed by atoms with Gasteiger partial charge in [0, 0.05) is 0 Å². The Labute approximate surface area is 142 Å². The van der Waals surface area contributed by atoms with Gasteiger partial charge in [-0.1, -0.05) is 30.3 Å². The number of esters is 1. The number of carbonyl (C=O) groups is 3. The first-order chi connectivity index (χ1) is 11.2. The largest absolute Gasteiger partial charge is 0.466 e. The average molecular weight is 335 g/mol. The van der Waals surface area contributed by atoms with Crippen molar-refractivity contribution in [3.63, 3.8) is 0 Å². The minimum atomic E-state index is -0.855. The van der Waals surface area contributed by atoms with Crippen molar-refractivity contribution in [3.8, 4) is 0 Å². The Hall–Kier alpha value is -2.37. The molecule has 6 nitrogen and oxygen atoms in total. The number of hydrogen-bond donors (Lipinski definition) is 1. The molecule has 1 atom stereocenters. The van der Waals surface area contributed by atoms with Gasteiger partial charge in [0.2, 0.25) is 0 Å². The van der Waals surface area contributed by atoms with Crippen molar-refractivity contribution < 1.29 is 23.9 Å². The second-order valence-electron chi connectivity index (χ2n) is 6.34.